The molecule has 0 aliphatic carbocycles. The summed E-state index contributed by atoms with van der Waals surface area (Å²) in [7, 11) is 0. The molecule has 1 aromatic heterocycles. The molecule has 1 aliphatic heterocycles. The molecule has 0 N–H and O–H groups in total. The van der Waals surface area contributed by atoms with Gasteiger partial charge in [0.2, 0.25) is 5.28 Å². The molecule has 1 saturated heterocycles. The van der Waals surface area contributed by atoms with Gasteiger partial charge in [0.05, 0.1) is 21.1 Å². The molecular formula is C16H14Cl3FN2O5. The number of hydrogen-bond donors (Lipinski definition) is 0. The van der Waals surface area contributed by atoms with Crippen molar-refractivity contribution >= 4 is 57.8 Å². The third kappa shape index (κ3) is 3.85. The van der Waals surface area contributed by atoms with Crippen molar-refractivity contribution in [1.29, 1.82) is 0 Å². The summed E-state index contributed by atoms with van der Waals surface area (Å²) in [6.45, 7) is 1.37. The van der Waals surface area contributed by atoms with E-state index in [1.807, 2.05) is 0 Å². The second-order valence-corrected chi connectivity index (χ2v) is 7.03. The average molecular weight is 440 g/mol. The number of rotatable bonds is 4. The van der Waals surface area contributed by atoms with E-state index in [0.717, 1.165) is 6.92 Å². The highest BCUT2D eigenvalue weighted by molar-refractivity contribution is 6.42. The van der Waals surface area contributed by atoms with Crippen molar-refractivity contribution in [2.45, 2.75) is 38.4 Å². The Morgan fingerprint density at radius 3 is 2.33 bits per heavy atom. The number of hydrogen-bond acceptors (Lipinski definition) is 6. The van der Waals surface area contributed by atoms with E-state index in [2.05, 4.69) is 4.98 Å². The zero-order valence-electron chi connectivity index (χ0n) is 14.1. The molecule has 11 heteroatoms. The van der Waals surface area contributed by atoms with Gasteiger partial charge in [-0.3, -0.25) is 14.2 Å². The van der Waals surface area contributed by atoms with Crippen molar-refractivity contribution in [2.75, 3.05) is 6.67 Å². The average Bonchev–Trinajstić information content (AvgIpc) is 3.04. The van der Waals surface area contributed by atoms with Crippen LogP contribution in [0.25, 0.3) is 11.0 Å². The fourth-order valence-electron chi connectivity index (χ4n) is 2.99. The van der Waals surface area contributed by atoms with Crippen LogP contribution in [0.4, 0.5) is 4.39 Å². The summed E-state index contributed by atoms with van der Waals surface area (Å²) in [6, 6.07) is 3.02. The molecule has 2 aromatic rings. The molecule has 1 fully saturated rings. The standard InChI is InChI=1S/C16H14Cl3FN2O5/c1-6(23)25-13-12(5-20)27-15(14(13)26-7(2)24)22-11-4-9(18)8(17)3-10(11)21-16(22)19/h3-4,12-15H,5H2,1-2H3/t12-,13-,14-,15-/m1/s1. The molecule has 0 spiro atoms. The van der Waals surface area contributed by atoms with Gasteiger partial charge in [0.1, 0.15) is 12.8 Å². The summed E-state index contributed by atoms with van der Waals surface area (Å²) in [4.78, 5) is 27.2. The normalized spacial score (nSPS) is 25.0. The second-order valence-electron chi connectivity index (χ2n) is 5.87. The first-order valence-electron chi connectivity index (χ1n) is 7.81. The van der Waals surface area contributed by atoms with Crippen molar-refractivity contribution in [1.82, 2.24) is 9.55 Å². The zero-order chi connectivity index (χ0) is 19.9. The molecule has 27 heavy (non-hydrogen) atoms. The summed E-state index contributed by atoms with van der Waals surface area (Å²) in [5, 5.41) is 0.489. The lowest BCUT2D eigenvalue weighted by molar-refractivity contribution is -0.165. The fraction of sp³-hybridized carbons (Fsp3) is 0.438. The Labute approximate surface area is 168 Å². The van der Waals surface area contributed by atoms with Gasteiger partial charge >= 0.3 is 11.9 Å². The van der Waals surface area contributed by atoms with Gasteiger partial charge in [0, 0.05) is 13.8 Å². The van der Waals surface area contributed by atoms with Crippen LogP contribution < -0.4 is 0 Å². The number of esters is 2. The van der Waals surface area contributed by atoms with Crippen LogP contribution in [0.1, 0.15) is 20.1 Å². The second kappa shape index (κ2) is 7.79. The maximum atomic E-state index is 13.5. The van der Waals surface area contributed by atoms with Crippen molar-refractivity contribution in [3.8, 4) is 0 Å². The number of aromatic nitrogens is 2. The lowest BCUT2D eigenvalue weighted by Gasteiger charge is -2.24. The van der Waals surface area contributed by atoms with Gasteiger partial charge in [-0.15, -0.1) is 0 Å². The third-order valence-corrected chi connectivity index (χ3v) is 4.97. The number of ether oxygens (including phenoxy) is 3. The minimum absolute atomic E-state index is 0.0217. The van der Waals surface area contributed by atoms with E-state index >= 15 is 0 Å². The van der Waals surface area contributed by atoms with Gasteiger partial charge in [-0.1, -0.05) is 23.2 Å². The van der Waals surface area contributed by atoms with Crippen LogP contribution in [0, 0.1) is 0 Å². The maximum Gasteiger partial charge on any atom is 0.303 e. The molecular weight excluding hydrogens is 426 g/mol. The SMILES string of the molecule is CC(=O)O[C@@H]1[C@H](OC(C)=O)[C@@H](CF)O[C@H]1n1c(Cl)nc2cc(Cl)c(Cl)cc21. The van der Waals surface area contributed by atoms with E-state index < -0.39 is 43.2 Å². The van der Waals surface area contributed by atoms with E-state index in [1.165, 1.54) is 23.6 Å². The molecule has 7 nitrogen and oxygen atoms in total. The molecule has 4 atom stereocenters. The van der Waals surface area contributed by atoms with E-state index in [9.17, 15) is 14.0 Å². The summed E-state index contributed by atoms with van der Waals surface area (Å²) in [5.74, 6) is -1.33. The van der Waals surface area contributed by atoms with Crippen LogP contribution >= 0.6 is 34.8 Å². The molecule has 0 amide bonds. The number of fused-ring (bicyclic) bond motifs is 1. The Morgan fingerprint density at radius 2 is 1.74 bits per heavy atom. The summed E-state index contributed by atoms with van der Waals surface area (Å²) in [6.07, 6.45) is -4.54. The van der Waals surface area contributed by atoms with Crippen LogP contribution in [-0.2, 0) is 23.8 Å². The predicted molar refractivity (Wildman–Crippen MR) is 95.8 cm³/mol. The number of carbonyl (C=O) groups is 2. The Balaban J connectivity index is 2.12. The Hall–Kier alpha value is -1.61. The van der Waals surface area contributed by atoms with Crippen molar-refractivity contribution in [3.05, 3.63) is 27.5 Å². The predicted octanol–water partition coefficient (Wildman–Crippen LogP) is 3.73. The zero-order valence-corrected chi connectivity index (χ0v) is 16.4. The van der Waals surface area contributed by atoms with Gasteiger partial charge in [0.15, 0.2) is 18.4 Å². The first-order chi connectivity index (χ1) is 12.7. The van der Waals surface area contributed by atoms with E-state index in [4.69, 9.17) is 49.0 Å². The van der Waals surface area contributed by atoms with E-state index in [0.29, 0.717) is 11.0 Å². The van der Waals surface area contributed by atoms with Gasteiger partial charge in [-0.05, 0) is 23.7 Å². The van der Waals surface area contributed by atoms with Gasteiger partial charge in [0.25, 0.3) is 0 Å². The molecule has 0 radical (unpaired) electrons. The van der Waals surface area contributed by atoms with Crippen LogP contribution in [0.3, 0.4) is 0 Å². The van der Waals surface area contributed by atoms with E-state index in [-0.39, 0.29) is 15.3 Å². The topological polar surface area (TPSA) is 79.6 Å². The Bertz CT molecular complexity index is 906. The molecule has 2 heterocycles. The van der Waals surface area contributed by atoms with Crippen molar-refractivity contribution in [2.24, 2.45) is 0 Å². The molecule has 0 bridgehead atoms. The van der Waals surface area contributed by atoms with Gasteiger partial charge in [-0.2, -0.15) is 0 Å². The lowest BCUT2D eigenvalue weighted by atomic mass is 10.1. The van der Waals surface area contributed by atoms with Crippen LogP contribution in [0.5, 0.6) is 0 Å². The van der Waals surface area contributed by atoms with Crippen LogP contribution in [0.15, 0.2) is 12.1 Å². The number of carbonyl (C=O) groups excluding carboxylic acids is 2. The van der Waals surface area contributed by atoms with Gasteiger partial charge in [-0.25, -0.2) is 9.37 Å². The third-order valence-electron chi connectivity index (χ3n) is 3.98. The number of halogens is 4. The molecule has 1 aromatic carbocycles. The first-order valence-corrected chi connectivity index (χ1v) is 8.94. The smallest absolute Gasteiger partial charge is 0.303 e. The minimum atomic E-state index is -1.15. The number of benzene rings is 1. The van der Waals surface area contributed by atoms with Crippen LogP contribution in [-0.4, -0.2) is 46.5 Å². The summed E-state index contributed by atoms with van der Waals surface area (Å²) >= 11 is 18.3. The Morgan fingerprint density at radius 1 is 1.15 bits per heavy atom. The van der Waals surface area contributed by atoms with E-state index in [1.54, 1.807) is 0 Å². The Kier molecular flexibility index (Phi) is 5.81. The molecule has 3 rings (SSSR count). The molecule has 0 unspecified atom stereocenters. The number of imidazole rings is 1. The highest BCUT2D eigenvalue weighted by Crippen LogP contribution is 2.39. The minimum Gasteiger partial charge on any atom is -0.455 e. The maximum absolute atomic E-state index is 13.5. The number of nitrogens with zero attached hydrogens (tertiary/aromatic N) is 2. The number of alkyl halides is 1. The monoisotopic (exact) mass is 438 g/mol. The highest BCUT2D eigenvalue weighted by atomic mass is 35.5. The summed E-state index contributed by atoms with van der Waals surface area (Å²) < 4.78 is 31.0. The quantitative estimate of drug-likeness (QED) is 0.676. The molecule has 0 saturated carbocycles. The van der Waals surface area contributed by atoms with Crippen molar-refractivity contribution in [3.63, 3.8) is 0 Å². The highest BCUT2D eigenvalue weighted by Gasteiger charge is 2.51. The largest absolute Gasteiger partial charge is 0.455 e. The molecule has 146 valence electrons. The van der Waals surface area contributed by atoms with Crippen molar-refractivity contribution < 1.29 is 28.2 Å². The lowest BCUT2D eigenvalue weighted by Crippen LogP contribution is -2.39. The summed E-state index contributed by atoms with van der Waals surface area (Å²) in [5.41, 5.74) is 0.838. The fourth-order valence-corrected chi connectivity index (χ4v) is 3.59. The first kappa shape index (κ1) is 20.1. The molecule has 1 aliphatic rings. The van der Waals surface area contributed by atoms with Crippen LogP contribution in [0.2, 0.25) is 15.3 Å². The van der Waals surface area contributed by atoms with Gasteiger partial charge < -0.3 is 14.2 Å².